The van der Waals surface area contributed by atoms with Crippen LogP contribution >= 0.6 is 0 Å². The molecule has 0 bridgehead atoms. The first kappa shape index (κ1) is 14.6. The van der Waals surface area contributed by atoms with Crippen molar-refractivity contribution in [1.29, 1.82) is 0 Å². The lowest BCUT2D eigenvalue weighted by Crippen LogP contribution is -2.31. The van der Waals surface area contributed by atoms with Crippen molar-refractivity contribution < 1.29 is 17.9 Å². The zero-order valence-electron chi connectivity index (χ0n) is 10.7. The summed E-state index contributed by atoms with van der Waals surface area (Å²) in [7, 11) is -2.29. The molecule has 2 rings (SSSR count). The van der Waals surface area contributed by atoms with Crippen molar-refractivity contribution in [2.45, 2.75) is 10.9 Å². The Balaban J connectivity index is 2.29. The average Bonchev–Trinajstić information content (AvgIpc) is 2.84. The molecule has 1 aromatic carbocycles. The maximum absolute atomic E-state index is 13.6. The molecule has 0 aliphatic rings. The number of hydrogen-bond acceptors (Lipinski definition) is 4. The van der Waals surface area contributed by atoms with E-state index >= 15 is 0 Å². The van der Waals surface area contributed by atoms with Crippen LogP contribution in [0.5, 0.6) is 0 Å². The number of sulfonamides is 1. The first-order valence-electron chi connectivity index (χ1n) is 5.80. The smallest absolute Gasteiger partial charge is 0.244 e. The van der Waals surface area contributed by atoms with E-state index in [2.05, 4.69) is 9.82 Å². The third-order valence-electron chi connectivity index (χ3n) is 2.75. The summed E-state index contributed by atoms with van der Waals surface area (Å²) in [6.07, 6.45) is 2.50. The minimum Gasteiger partial charge on any atom is -0.394 e. The second-order valence-electron chi connectivity index (χ2n) is 4.23. The molecule has 0 saturated heterocycles. The standard InChI is InChI=1S/C12H14FN3O3S/c1-16-7-9(6-14-16)20(18,19)15-12(8-17)10-4-2-3-5-11(10)13/h2-7,12,15,17H,8H2,1H3/t12-/m1/s1. The largest absolute Gasteiger partial charge is 0.394 e. The Bertz CT molecular complexity index is 699. The predicted molar refractivity (Wildman–Crippen MR) is 69.8 cm³/mol. The Morgan fingerprint density at radius 2 is 2.15 bits per heavy atom. The van der Waals surface area contributed by atoms with Crippen LogP contribution in [0, 0.1) is 5.82 Å². The van der Waals surface area contributed by atoms with Crippen LogP contribution in [-0.2, 0) is 17.1 Å². The third-order valence-corrected chi connectivity index (χ3v) is 4.18. The van der Waals surface area contributed by atoms with Gasteiger partial charge in [0.1, 0.15) is 10.7 Å². The van der Waals surface area contributed by atoms with Crippen molar-refractivity contribution in [3.05, 3.63) is 48.0 Å². The SMILES string of the molecule is Cn1cc(S(=O)(=O)N[C@H](CO)c2ccccc2F)cn1. The van der Waals surface area contributed by atoms with Crippen molar-refractivity contribution in [3.63, 3.8) is 0 Å². The lowest BCUT2D eigenvalue weighted by Gasteiger charge is -2.16. The van der Waals surface area contributed by atoms with Crippen LogP contribution in [-0.4, -0.2) is 29.9 Å². The second-order valence-corrected chi connectivity index (χ2v) is 5.94. The molecule has 2 N–H and O–H groups in total. The Morgan fingerprint density at radius 3 is 2.70 bits per heavy atom. The van der Waals surface area contributed by atoms with Gasteiger partial charge in [-0.05, 0) is 6.07 Å². The summed E-state index contributed by atoms with van der Waals surface area (Å²) in [5.41, 5.74) is 0.0856. The van der Waals surface area contributed by atoms with E-state index in [1.807, 2.05) is 0 Å². The topological polar surface area (TPSA) is 84.2 Å². The van der Waals surface area contributed by atoms with Gasteiger partial charge < -0.3 is 5.11 Å². The zero-order chi connectivity index (χ0) is 14.8. The van der Waals surface area contributed by atoms with E-state index in [4.69, 9.17) is 0 Å². The second kappa shape index (κ2) is 5.70. The van der Waals surface area contributed by atoms with Crippen molar-refractivity contribution in [2.24, 2.45) is 7.05 Å². The molecule has 0 aliphatic carbocycles. The fraction of sp³-hybridized carbons (Fsp3) is 0.250. The van der Waals surface area contributed by atoms with Gasteiger partial charge >= 0.3 is 0 Å². The van der Waals surface area contributed by atoms with Gasteiger partial charge in [0.2, 0.25) is 10.0 Å². The van der Waals surface area contributed by atoms with E-state index < -0.39 is 28.5 Å². The average molecular weight is 299 g/mol. The number of halogens is 1. The van der Waals surface area contributed by atoms with Crippen LogP contribution < -0.4 is 4.72 Å². The number of aliphatic hydroxyl groups is 1. The first-order valence-corrected chi connectivity index (χ1v) is 7.28. The van der Waals surface area contributed by atoms with Gasteiger partial charge in [0.15, 0.2) is 0 Å². The molecule has 0 saturated carbocycles. The minimum atomic E-state index is -3.88. The maximum atomic E-state index is 13.6. The van der Waals surface area contributed by atoms with E-state index in [9.17, 15) is 17.9 Å². The number of nitrogens with zero attached hydrogens (tertiary/aromatic N) is 2. The molecule has 0 radical (unpaired) electrons. The summed E-state index contributed by atoms with van der Waals surface area (Å²) in [4.78, 5) is -0.0465. The van der Waals surface area contributed by atoms with Crippen LogP contribution in [0.15, 0.2) is 41.6 Å². The van der Waals surface area contributed by atoms with Gasteiger partial charge in [-0.25, -0.2) is 17.5 Å². The molecule has 1 heterocycles. The number of aryl methyl sites for hydroxylation is 1. The highest BCUT2D eigenvalue weighted by atomic mass is 32.2. The van der Waals surface area contributed by atoms with E-state index in [1.165, 1.54) is 35.3 Å². The van der Waals surface area contributed by atoms with E-state index in [1.54, 1.807) is 13.1 Å². The minimum absolute atomic E-state index is 0.0465. The van der Waals surface area contributed by atoms with Gasteiger partial charge in [0, 0.05) is 18.8 Å². The molecule has 0 amide bonds. The lowest BCUT2D eigenvalue weighted by atomic mass is 10.1. The highest BCUT2D eigenvalue weighted by molar-refractivity contribution is 7.89. The molecular weight excluding hydrogens is 285 g/mol. The molecule has 6 nitrogen and oxygen atoms in total. The molecule has 0 spiro atoms. The highest BCUT2D eigenvalue weighted by Crippen LogP contribution is 2.19. The first-order chi connectivity index (χ1) is 9.44. The Hall–Kier alpha value is -1.77. The summed E-state index contributed by atoms with van der Waals surface area (Å²) in [5, 5.41) is 13.1. The Labute approximate surface area is 115 Å². The van der Waals surface area contributed by atoms with E-state index in [0.717, 1.165) is 0 Å². The number of benzene rings is 1. The van der Waals surface area contributed by atoms with Crippen LogP contribution in [0.3, 0.4) is 0 Å². The molecule has 0 fully saturated rings. The van der Waals surface area contributed by atoms with Crippen LogP contribution in [0.4, 0.5) is 4.39 Å². The van der Waals surface area contributed by atoms with Crippen LogP contribution in [0.1, 0.15) is 11.6 Å². The molecular formula is C12H14FN3O3S. The van der Waals surface area contributed by atoms with Crippen molar-refractivity contribution in [3.8, 4) is 0 Å². The number of hydrogen-bond donors (Lipinski definition) is 2. The Kier molecular flexibility index (Phi) is 4.17. The van der Waals surface area contributed by atoms with Crippen molar-refractivity contribution >= 4 is 10.0 Å². The molecule has 2 aromatic rings. The highest BCUT2D eigenvalue weighted by Gasteiger charge is 2.23. The van der Waals surface area contributed by atoms with Gasteiger partial charge in [-0.15, -0.1) is 0 Å². The van der Waals surface area contributed by atoms with Gasteiger partial charge in [0.25, 0.3) is 0 Å². The summed E-state index contributed by atoms with van der Waals surface area (Å²) in [6, 6.07) is 4.63. The summed E-state index contributed by atoms with van der Waals surface area (Å²) < 4.78 is 41.4. The number of aliphatic hydroxyl groups excluding tert-OH is 1. The maximum Gasteiger partial charge on any atom is 0.244 e. The molecule has 0 aliphatic heterocycles. The lowest BCUT2D eigenvalue weighted by molar-refractivity contribution is 0.256. The molecule has 108 valence electrons. The quantitative estimate of drug-likeness (QED) is 0.845. The van der Waals surface area contributed by atoms with Crippen LogP contribution in [0.2, 0.25) is 0 Å². The number of nitrogens with one attached hydrogen (secondary N) is 1. The monoisotopic (exact) mass is 299 g/mol. The molecule has 1 aromatic heterocycles. The summed E-state index contributed by atoms with van der Waals surface area (Å²) in [5.74, 6) is -0.583. The Morgan fingerprint density at radius 1 is 1.45 bits per heavy atom. The van der Waals surface area contributed by atoms with Gasteiger partial charge in [-0.3, -0.25) is 4.68 Å². The molecule has 20 heavy (non-hydrogen) atoms. The number of rotatable bonds is 5. The molecule has 1 atom stereocenters. The normalized spacial score (nSPS) is 13.3. The predicted octanol–water partition coefficient (Wildman–Crippen LogP) is 0.571. The van der Waals surface area contributed by atoms with Crippen LogP contribution in [0.25, 0.3) is 0 Å². The third kappa shape index (κ3) is 3.03. The molecule has 0 unspecified atom stereocenters. The van der Waals surface area contributed by atoms with Crippen molar-refractivity contribution in [1.82, 2.24) is 14.5 Å². The van der Waals surface area contributed by atoms with Crippen molar-refractivity contribution in [2.75, 3.05) is 6.61 Å². The van der Waals surface area contributed by atoms with Gasteiger partial charge in [-0.2, -0.15) is 5.10 Å². The summed E-state index contributed by atoms with van der Waals surface area (Å²) >= 11 is 0. The van der Waals surface area contributed by atoms with E-state index in [0.29, 0.717) is 0 Å². The number of aromatic nitrogens is 2. The zero-order valence-corrected chi connectivity index (χ0v) is 11.5. The fourth-order valence-corrected chi connectivity index (χ4v) is 2.94. The van der Waals surface area contributed by atoms with E-state index in [-0.39, 0.29) is 10.5 Å². The fourth-order valence-electron chi connectivity index (χ4n) is 1.75. The van der Waals surface area contributed by atoms with Gasteiger partial charge in [-0.1, -0.05) is 18.2 Å². The van der Waals surface area contributed by atoms with Gasteiger partial charge in [0.05, 0.1) is 18.8 Å². The summed E-state index contributed by atoms with van der Waals surface area (Å²) in [6.45, 7) is -0.555. The molecule has 8 heteroatoms.